The van der Waals surface area contributed by atoms with Gasteiger partial charge in [0.1, 0.15) is 0 Å². The molecule has 0 atom stereocenters. The van der Waals surface area contributed by atoms with Crippen LogP contribution in [0.15, 0.2) is 41.5 Å². The number of anilines is 1. The van der Waals surface area contributed by atoms with Crippen LogP contribution in [0.2, 0.25) is 5.02 Å². The molecule has 174 valence electrons. The topological polar surface area (TPSA) is 79.2 Å². The molecular weight excluding hydrogens is 442 g/mol. The summed E-state index contributed by atoms with van der Waals surface area (Å²) in [6.45, 7) is 8.47. The molecule has 0 saturated carbocycles. The molecule has 0 bridgehead atoms. The summed E-state index contributed by atoms with van der Waals surface area (Å²) in [5, 5.41) is 7.02. The molecule has 1 saturated heterocycles. The summed E-state index contributed by atoms with van der Waals surface area (Å²) < 4.78 is 7.29. The number of carbonyl (C=O) groups is 2. The molecule has 2 heterocycles. The van der Waals surface area contributed by atoms with Crippen LogP contribution in [0.3, 0.4) is 0 Å². The third-order valence-electron chi connectivity index (χ3n) is 5.89. The number of nitrogens with zero attached hydrogens (tertiary/aromatic N) is 4. The summed E-state index contributed by atoms with van der Waals surface area (Å²) >= 11 is 6.82. The van der Waals surface area contributed by atoms with E-state index in [1.54, 1.807) is 11.8 Å². The molecule has 1 aliphatic heterocycles. The number of benzene rings is 2. The number of fused-ring (bicyclic) bond motifs is 3. The number of hydrogen-bond donors (Lipinski definition) is 1. The number of ketones is 1. The third-order valence-corrected chi connectivity index (χ3v) is 6.29. The summed E-state index contributed by atoms with van der Waals surface area (Å²) in [5.41, 5.74) is 5.82. The number of nitrogens with one attached hydrogen (secondary N) is 1. The van der Waals surface area contributed by atoms with Gasteiger partial charge < -0.3 is 19.1 Å². The minimum absolute atomic E-state index is 0.160. The van der Waals surface area contributed by atoms with Crippen LogP contribution in [-0.4, -0.2) is 64.9 Å². The Kier molecular flexibility index (Phi) is 6.74. The molecule has 0 unspecified atom stereocenters. The molecule has 0 radical (unpaired) electrons. The molecule has 3 aromatic rings. The van der Waals surface area contributed by atoms with E-state index in [1.807, 2.05) is 29.2 Å². The molecule has 4 rings (SSSR count). The monoisotopic (exact) mass is 469 g/mol. The Bertz CT molecular complexity index is 1230. The van der Waals surface area contributed by atoms with Crippen LogP contribution < -0.4 is 5.43 Å². The van der Waals surface area contributed by atoms with Crippen LogP contribution >= 0.6 is 11.6 Å². The lowest BCUT2D eigenvalue weighted by atomic mass is 10.1. The molecule has 1 amide bonds. The number of amides is 1. The van der Waals surface area contributed by atoms with Crippen molar-refractivity contribution in [2.75, 3.05) is 38.2 Å². The Morgan fingerprint density at radius 2 is 1.73 bits per heavy atom. The number of amidine groups is 1. The van der Waals surface area contributed by atoms with Crippen molar-refractivity contribution < 1.29 is 14.3 Å². The minimum atomic E-state index is -0.331. The van der Waals surface area contributed by atoms with E-state index in [1.165, 1.54) is 6.92 Å². The zero-order valence-electron chi connectivity index (χ0n) is 19.1. The molecule has 0 aliphatic carbocycles. The van der Waals surface area contributed by atoms with E-state index < -0.39 is 0 Å². The molecule has 1 aliphatic rings. The number of hydrogen-bond acceptors (Lipinski definition) is 5. The smallest absolute Gasteiger partial charge is 0.409 e. The summed E-state index contributed by atoms with van der Waals surface area (Å²) in [4.78, 5) is 27.8. The van der Waals surface area contributed by atoms with Crippen LogP contribution in [0.4, 0.5) is 10.5 Å². The number of Topliss-reactive ketones (excluding diaryl/α,β-unsaturated/α-hetero) is 1. The van der Waals surface area contributed by atoms with Gasteiger partial charge in [0.2, 0.25) is 0 Å². The maximum atomic E-state index is 12.3. The minimum Gasteiger partial charge on any atom is -0.450 e. The Morgan fingerprint density at radius 3 is 2.39 bits per heavy atom. The highest BCUT2D eigenvalue weighted by molar-refractivity contribution is 6.41. The average Bonchev–Trinajstić information content (AvgIpc) is 3.15. The Labute approximate surface area is 197 Å². The van der Waals surface area contributed by atoms with Gasteiger partial charge in [-0.3, -0.25) is 10.2 Å². The van der Waals surface area contributed by atoms with Gasteiger partial charge in [0.25, 0.3) is 0 Å². The zero-order chi connectivity index (χ0) is 23.5. The number of halogens is 1. The van der Waals surface area contributed by atoms with E-state index in [9.17, 15) is 9.59 Å². The Balaban J connectivity index is 1.60. The summed E-state index contributed by atoms with van der Waals surface area (Å²) in [5.74, 6) is 0.150. The number of carbonyl (C=O) groups excluding carboxylic acids is 2. The number of aryl methyl sites for hydroxylation is 1. The van der Waals surface area contributed by atoms with Crippen molar-refractivity contribution in [2.45, 2.75) is 27.3 Å². The fourth-order valence-electron chi connectivity index (χ4n) is 4.33. The largest absolute Gasteiger partial charge is 0.450 e. The molecule has 8 nitrogen and oxygen atoms in total. The fourth-order valence-corrected chi connectivity index (χ4v) is 4.63. The number of aromatic nitrogens is 1. The first-order chi connectivity index (χ1) is 16.0. The van der Waals surface area contributed by atoms with Gasteiger partial charge in [-0.15, -0.1) is 0 Å². The average molecular weight is 470 g/mol. The van der Waals surface area contributed by atoms with Crippen molar-refractivity contribution in [2.24, 2.45) is 5.10 Å². The van der Waals surface area contributed by atoms with E-state index in [0.29, 0.717) is 49.3 Å². The predicted molar refractivity (Wildman–Crippen MR) is 132 cm³/mol. The van der Waals surface area contributed by atoms with Crippen molar-refractivity contribution in [3.63, 3.8) is 0 Å². The first-order valence-corrected chi connectivity index (χ1v) is 11.5. The highest BCUT2D eigenvalue weighted by Crippen LogP contribution is 2.38. The highest BCUT2D eigenvalue weighted by atomic mass is 35.5. The van der Waals surface area contributed by atoms with Crippen LogP contribution in [0.5, 0.6) is 0 Å². The molecule has 33 heavy (non-hydrogen) atoms. The van der Waals surface area contributed by atoms with Crippen LogP contribution in [-0.2, 0) is 16.1 Å². The van der Waals surface area contributed by atoms with Gasteiger partial charge in [0.15, 0.2) is 11.6 Å². The Morgan fingerprint density at radius 1 is 1.03 bits per heavy atom. The zero-order valence-corrected chi connectivity index (χ0v) is 19.9. The van der Waals surface area contributed by atoms with Gasteiger partial charge in [0.05, 0.1) is 22.8 Å². The Hall–Kier alpha value is -3.26. The quantitative estimate of drug-likeness (QED) is 0.337. The van der Waals surface area contributed by atoms with Gasteiger partial charge in [-0.1, -0.05) is 29.8 Å². The summed E-state index contributed by atoms with van der Waals surface area (Å²) in [6.07, 6.45) is -0.331. The second-order valence-electron chi connectivity index (χ2n) is 7.86. The van der Waals surface area contributed by atoms with Crippen molar-refractivity contribution in [1.82, 2.24) is 14.4 Å². The first-order valence-electron chi connectivity index (χ1n) is 11.2. The predicted octanol–water partition coefficient (Wildman–Crippen LogP) is 4.56. The number of hydrazone groups is 1. The summed E-state index contributed by atoms with van der Waals surface area (Å²) in [7, 11) is 0. The van der Waals surface area contributed by atoms with E-state index in [2.05, 4.69) is 34.2 Å². The van der Waals surface area contributed by atoms with Gasteiger partial charge in [-0.2, -0.15) is 5.10 Å². The fraction of sp³-hybridized carbons (Fsp3) is 0.375. The van der Waals surface area contributed by atoms with Crippen molar-refractivity contribution in [3.05, 3.63) is 41.4 Å². The van der Waals surface area contributed by atoms with Crippen molar-refractivity contribution in [3.8, 4) is 0 Å². The van der Waals surface area contributed by atoms with Crippen LogP contribution in [0.1, 0.15) is 20.8 Å². The van der Waals surface area contributed by atoms with E-state index >= 15 is 0 Å². The van der Waals surface area contributed by atoms with Gasteiger partial charge in [-0.05, 0) is 32.0 Å². The van der Waals surface area contributed by atoms with Gasteiger partial charge in [0, 0.05) is 55.9 Å². The molecule has 0 spiro atoms. The second kappa shape index (κ2) is 9.70. The van der Waals surface area contributed by atoms with Crippen LogP contribution in [0.25, 0.3) is 21.8 Å². The van der Waals surface area contributed by atoms with E-state index in [-0.39, 0.29) is 11.9 Å². The van der Waals surface area contributed by atoms with Crippen LogP contribution in [0, 0.1) is 0 Å². The molecule has 1 N–H and O–H groups in total. The lowest BCUT2D eigenvalue weighted by Gasteiger charge is -2.35. The highest BCUT2D eigenvalue weighted by Gasteiger charge is 2.26. The number of piperazine rings is 1. The number of ether oxygens (including phenoxy) is 1. The second-order valence-corrected chi connectivity index (χ2v) is 8.24. The molecule has 2 aromatic carbocycles. The SMILES string of the molecule is CCOC(=O)N1CCN(/C(=N/Nc2ccc3c(c2Cl)c2ccccc2n3CC)C(C)=O)CC1. The van der Waals surface area contributed by atoms with E-state index in [0.717, 1.165) is 28.4 Å². The maximum absolute atomic E-state index is 12.3. The maximum Gasteiger partial charge on any atom is 0.409 e. The molecular formula is C24H28ClN5O3. The van der Waals surface area contributed by atoms with Crippen molar-refractivity contribution in [1.29, 1.82) is 0 Å². The van der Waals surface area contributed by atoms with Gasteiger partial charge in [-0.25, -0.2) is 4.79 Å². The molecule has 9 heteroatoms. The van der Waals surface area contributed by atoms with Crippen molar-refractivity contribution >= 4 is 56.8 Å². The number of para-hydroxylation sites is 1. The lowest BCUT2D eigenvalue weighted by Crippen LogP contribution is -2.52. The molecule has 1 fully saturated rings. The normalized spacial score (nSPS) is 14.7. The standard InChI is InChI=1S/C24H28ClN5O3/c1-4-30-19-9-7-6-8-17(19)21-20(30)11-10-18(22(21)25)26-27-23(16(3)31)28-12-14-29(15-13-28)24(32)33-5-2/h6-11,26H,4-5,12-15H2,1-3H3/b27-23+. The first kappa shape index (κ1) is 22.9. The lowest BCUT2D eigenvalue weighted by molar-refractivity contribution is -0.111. The molecule has 1 aromatic heterocycles. The number of rotatable bonds is 5. The van der Waals surface area contributed by atoms with Gasteiger partial charge >= 0.3 is 6.09 Å². The third kappa shape index (κ3) is 4.35. The summed E-state index contributed by atoms with van der Waals surface area (Å²) in [6, 6.07) is 12.1. The van der Waals surface area contributed by atoms with E-state index in [4.69, 9.17) is 16.3 Å².